The maximum atomic E-state index is 14.2. The molecule has 9 heteroatoms. The van der Waals surface area contributed by atoms with E-state index >= 15 is 0 Å². The van der Waals surface area contributed by atoms with Gasteiger partial charge in [0.25, 0.3) is 5.91 Å². The van der Waals surface area contributed by atoms with Crippen molar-refractivity contribution in [1.82, 2.24) is 10.3 Å². The number of carbonyl (C=O) groups excluding carboxylic acids is 2. The Morgan fingerprint density at radius 1 is 1.12 bits per heavy atom. The number of benzene rings is 1. The zero-order chi connectivity index (χ0) is 30.6. The van der Waals surface area contributed by atoms with Crippen molar-refractivity contribution in [3.05, 3.63) is 88.8 Å². The molecule has 1 amide bonds. The van der Waals surface area contributed by atoms with Gasteiger partial charge in [-0.15, -0.1) is 0 Å². The average molecular weight is 577 g/mol. The van der Waals surface area contributed by atoms with E-state index in [9.17, 15) is 31.5 Å². The zero-order valence-electron chi connectivity index (χ0n) is 23.8. The third kappa shape index (κ3) is 7.68. The van der Waals surface area contributed by atoms with E-state index in [2.05, 4.69) is 43.7 Å². The van der Waals surface area contributed by atoms with Gasteiger partial charge in [0.1, 0.15) is 12.0 Å². The predicted octanol–water partition coefficient (Wildman–Crippen LogP) is 8.22. The van der Waals surface area contributed by atoms with Crippen molar-refractivity contribution in [1.29, 1.82) is 0 Å². The van der Waals surface area contributed by atoms with E-state index < -0.39 is 53.6 Å². The van der Waals surface area contributed by atoms with E-state index in [4.69, 9.17) is 0 Å². The van der Waals surface area contributed by atoms with Gasteiger partial charge in [0, 0.05) is 19.0 Å². The van der Waals surface area contributed by atoms with Crippen molar-refractivity contribution in [3.8, 4) is 0 Å². The smallest absolute Gasteiger partial charge is 0.343 e. The van der Waals surface area contributed by atoms with E-state index in [1.54, 1.807) is 24.3 Å². The molecule has 2 unspecified atom stereocenters. The number of hydrogen-bond donors (Lipinski definition) is 1. The predicted molar refractivity (Wildman–Crippen MR) is 149 cm³/mol. The van der Waals surface area contributed by atoms with Crippen LogP contribution in [0.5, 0.6) is 0 Å². The van der Waals surface area contributed by atoms with Crippen molar-refractivity contribution >= 4 is 12.2 Å². The fraction of sp³-hybridized carbons (Fsp3) is 0.469. The standard InChI is InChI=1S/C32H37F5N2O2/c1-6-23(16-21(4)20(2)3)17-24-8-7-9-25(18-24)28(30(19-40)11-13-31(33,34)14-12-30)39-29(41)27-22(5)26(10-15-38-27)32(35,36)37/h6-10,15-16,18-21,28H,1,11-14,17H2,2-5H3,(H,39,41)/b23-16+. The zero-order valence-corrected chi connectivity index (χ0v) is 23.8. The van der Waals surface area contributed by atoms with Crippen LogP contribution in [-0.2, 0) is 17.4 Å². The minimum absolute atomic E-state index is 0.197. The second kappa shape index (κ2) is 12.7. The largest absolute Gasteiger partial charge is 0.416 e. The SMILES string of the molecule is C=C/C(=C\C(C)C(C)C)Cc1cccc(C(NC(=O)c2nccc(C(F)(F)F)c2C)C2(C=O)CCC(F)(F)CC2)c1. The molecule has 1 aromatic heterocycles. The molecule has 2 aromatic rings. The highest BCUT2D eigenvalue weighted by Crippen LogP contribution is 2.49. The average Bonchev–Trinajstić information content (AvgIpc) is 2.91. The maximum absolute atomic E-state index is 14.2. The van der Waals surface area contributed by atoms with Crippen LogP contribution in [0, 0.1) is 24.2 Å². The lowest BCUT2D eigenvalue weighted by Gasteiger charge is -2.42. The number of alkyl halides is 5. The van der Waals surface area contributed by atoms with Gasteiger partial charge in [-0.05, 0) is 66.4 Å². The van der Waals surface area contributed by atoms with Crippen molar-refractivity contribution in [2.45, 2.75) is 77.9 Å². The Hall–Kier alpha value is -3.36. The molecule has 4 nitrogen and oxygen atoms in total. The fourth-order valence-electron chi connectivity index (χ4n) is 5.23. The summed E-state index contributed by atoms with van der Waals surface area (Å²) >= 11 is 0. The van der Waals surface area contributed by atoms with Crippen molar-refractivity contribution in [3.63, 3.8) is 0 Å². The number of amides is 1. The van der Waals surface area contributed by atoms with Crippen molar-refractivity contribution in [2.24, 2.45) is 17.3 Å². The third-order valence-electron chi connectivity index (χ3n) is 8.21. The number of rotatable bonds is 10. The van der Waals surface area contributed by atoms with E-state index in [0.29, 0.717) is 30.1 Å². The first kappa shape index (κ1) is 32.2. The number of aromatic nitrogens is 1. The highest BCUT2D eigenvalue weighted by atomic mass is 19.4. The summed E-state index contributed by atoms with van der Waals surface area (Å²) in [6.07, 6.45) is -0.276. The lowest BCUT2D eigenvalue weighted by Crippen LogP contribution is -2.46. The Morgan fingerprint density at radius 3 is 2.34 bits per heavy atom. The molecular weight excluding hydrogens is 539 g/mol. The van der Waals surface area contributed by atoms with Gasteiger partial charge < -0.3 is 10.1 Å². The van der Waals surface area contributed by atoms with E-state index in [1.807, 2.05) is 6.07 Å². The number of allylic oxidation sites excluding steroid dienone is 3. The number of halogens is 5. The molecule has 41 heavy (non-hydrogen) atoms. The Kier molecular flexibility index (Phi) is 9.93. The third-order valence-corrected chi connectivity index (χ3v) is 8.21. The molecule has 1 fully saturated rings. The maximum Gasteiger partial charge on any atom is 0.416 e. The Morgan fingerprint density at radius 2 is 1.78 bits per heavy atom. The molecule has 0 aliphatic heterocycles. The van der Waals surface area contributed by atoms with Crippen LogP contribution in [0.4, 0.5) is 22.0 Å². The highest BCUT2D eigenvalue weighted by Gasteiger charge is 2.49. The number of pyridine rings is 1. The van der Waals surface area contributed by atoms with E-state index in [1.165, 1.54) is 0 Å². The van der Waals surface area contributed by atoms with Gasteiger partial charge in [0.05, 0.1) is 17.0 Å². The van der Waals surface area contributed by atoms with Crippen LogP contribution < -0.4 is 5.32 Å². The number of hydrogen-bond acceptors (Lipinski definition) is 3. The summed E-state index contributed by atoms with van der Waals surface area (Å²) in [5, 5.41) is 2.72. The summed E-state index contributed by atoms with van der Waals surface area (Å²) in [6, 6.07) is 6.83. The molecule has 0 spiro atoms. The Labute approximate surface area is 238 Å². The lowest BCUT2D eigenvalue weighted by molar-refractivity contribution is -0.138. The van der Waals surface area contributed by atoms with Crippen LogP contribution in [0.2, 0.25) is 0 Å². The minimum atomic E-state index is -4.70. The van der Waals surface area contributed by atoms with Gasteiger partial charge in [0.15, 0.2) is 0 Å². The Balaban J connectivity index is 2.05. The first-order chi connectivity index (χ1) is 19.1. The topological polar surface area (TPSA) is 59.1 Å². The quantitative estimate of drug-likeness (QED) is 0.176. The molecule has 2 atom stereocenters. The summed E-state index contributed by atoms with van der Waals surface area (Å²) in [5.74, 6) is -3.15. The number of aldehydes is 1. The summed E-state index contributed by atoms with van der Waals surface area (Å²) in [6.45, 7) is 11.4. The summed E-state index contributed by atoms with van der Waals surface area (Å²) < 4.78 is 68.9. The number of nitrogens with one attached hydrogen (secondary N) is 1. The molecule has 1 aromatic carbocycles. The number of nitrogens with zero attached hydrogens (tertiary/aromatic N) is 1. The second-order valence-electron chi connectivity index (χ2n) is 11.4. The van der Waals surface area contributed by atoms with Gasteiger partial charge in [-0.1, -0.05) is 63.8 Å². The molecule has 0 saturated heterocycles. The first-order valence-corrected chi connectivity index (χ1v) is 13.7. The summed E-state index contributed by atoms with van der Waals surface area (Å²) in [4.78, 5) is 29.9. The molecule has 1 N–H and O–H groups in total. The molecule has 0 bridgehead atoms. The lowest BCUT2D eigenvalue weighted by atomic mass is 9.67. The van der Waals surface area contributed by atoms with Crippen LogP contribution >= 0.6 is 0 Å². The molecule has 3 rings (SSSR count). The van der Waals surface area contributed by atoms with Crippen LogP contribution in [0.3, 0.4) is 0 Å². The molecule has 1 saturated carbocycles. The normalized spacial score (nSPS) is 18.4. The molecule has 0 radical (unpaired) electrons. The van der Waals surface area contributed by atoms with Crippen molar-refractivity contribution in [2.75, 3.05) is 0 Å². The molecule has 222 valence electrons. The molecule has 1 heterocycles. The van der Waals surface area contributed by atoms with Gasteiger partial charge in [-0.2, -0.15) is 13.2 Å². The Bertz CT molecular complexity index is 1290. The van der Waals surface area contributed by atoms with Crippen molar-refractivity contribution < 1.29 is 31.5 Å². The summed E-state index contributed by atoms with van der Waals surface area (Å²) in [7, 11) is 0. The highest BCUT2D eigenvalue weighted by molar-refractivity contribution is 5.94. The van der Waals surface area contributed by atoms with E-state index in [-0.39, 0.29) is 18.4 Å². The molecule has 1 aliphatic carbocycles. The molecule has 1 aliphatic rings. The first-order valence-electron chi connectivity index (χ1n) is 13.7. The van der Waals surface area contributed by atoms with Gasteiger partial charge >= 0.3 is 6.18 Å². The van der Waals surface area contributed by atoms with Crippen LogP contribution in [0.25, 0.3) is 0 Å². The summed E-state index contributed by atoms with van der Waals surface area (Å²) in [5.41, 5.74) is -0.858. The molecular formula is C32H37F5N2O2. The van der Waals surface area contributed by atoms with Gasteiger partial charge in [-0.3, -0.25) is 9.78 Å². The monoisotopic (exact) mass is 576 g/mol. The number of carbonyl (C=O) groups is 2. The van der Waals surface area contributed by atoms with Crippen LogP contribution in [0.15, 0.2) is 60.8 Å². The second-order valence-corrected chi connectivity index (χ2v) is 11.4. The van der Waals surface area contributed by atoms with Gasteiger partial charge in [0.2, 0.25) is 5.92 Å². The minimum Gasteiger partial charge on any atom is -0.343 e. The van der Waals surface area contributed by atoms with Gasteiger partial charge in [-0.25, -0.2) is 8.78 Å². The van der Waals surface area contributed by atoms with E-state index in [0.717, 1.165) is 30.3 Å². The van der Waals surface area contributed by atoms with Crippen LogP contribution in [-0.4, -0.2) is 23.1 Å². The van der Waals surface area contributed by atoms with Crippen LogP contribution in [0.1, 0.15) is 85.2 Å². The fourth-order valence-corrected chi connectivity index (χ4v) is 5.23.